The van der Waals surface area contributed by atoms with Crippen molar-refractivity contribution in [3.05, 3.63) is 17.5 Å². The summed E-state index contributed by atoms with van der Waals surface area (Å²) in [6.07, 6.45) is 5.24. The normalized spacial score (nSPS) is 27.0. The first-order valence-electron chi connectivity index (χ1n) is 9.00. The molecule has 1 aliphatic carbocycles. The Hall–Kier alpha value is -1.69. The first-order valence-corrected chi connectivity index (χ1v) is 9.00. The predicted molar refractivity (Wildman–Crippen MR) is 92.9 cm³/mol. The van der Waals surface area contributed by atoms with Crippen LogP contribution in [0.5, 0.6) is 0 Å². The molecule has 6 nitrogen and oxygen atoms in total. The van der Waals surface area contributed by atoms with Gasteiger partial charge in [-0.05, 0) is 33.1 Å². The SMILES string of the molecule is CC(C)C(=O)N[C@@H]1CCCc2nc(N3C[C@@H](C)O[C@H](C)C3)ncc21. The number of nitrogens with zero attached hydrogens (tertiary/aromatic N) is 3. The standard InChI is InChI=1S/C18H28N4O2/c1-11(2)17(23)20-15-6-5-7-16-14(15)8-19-18(21-16)22-9-12(3)24-13(4)10-22/h8,11-13,15H,5-7,9-10H2,1-4H3,(H,20,23)/t12-,13-,15-/m1/s1. The highest BCUT2D eigenvalue weighted by molar-refractivity contribution is 5.78. The second kappa shape index (κ2) is 7.05. The minimum absolute atomic E-state index is 0.00751. The quantitative estimate of drug-likeness (QED) is 0.919. The zero-order valence-corrected chi connectivity index (χ0v) is 15.1. The fourth-order valence-electron chi connectivity index (χ4n) is 3.52. The lowest BCUT2D eigenvalue weighted by Gasteiger charge is -2.36. The van der Waals surface area contributed by atoms with Gasteiger partial charge in [0, 0.05) is 30.8 Å². The van der Waals surface area contributed by atoms with Crippen molar-refractivity contribution in [2.45, 2.75) is 65.2 Å². The summed E-state index contributed by atoms with van der Waals surface area (Å²) in [6.45, 7) is 9.63. The van der Waals surface area contributed by atoms with Crippen LogP contribution >= 0.6 is 0 Å². The monoisotopic (exact) mass is 332 g/mol. The molecule has 1 N–H and O–H groups in total. The molecule has 132 valence electrons. The van der Waals surface area contributed by atoms with E-state index in [4.69, 9.17) is 9.72 Å². The minimum Gasteiger partial charge on any atom is -0.372 e. The zero-order valence-electron chi connectivity index (χ0n) is 15.1. The maximum atomic E-state index is 12.0. The average Bonchev–Trinajstić information content (AvgIpc) is 2.53. The fraction of sp³-hybridized carbons (Fsp3) is 0.722. The molecule has 6 heteroatoms. The summed E-state index contributed by atoms with van der Waals surface area (Å²) in [5, 5.41) is 3.14. The lowest BCUT2D eigenvalue weighted by Crippen LogP contribution is -2.46. The first kappa shape index (κ1) is 17.1. The Morgan fingerprint density at radius 2 is 2.04 bits per heavy atom. The van der Waals surface area contributed by atoms with E-state index >= 15 is 0 Å². The molecule has 0 radical (unpaired) electrons. The van der Waals surface area contributed by atoms with Gasteiger partial charge in [0.05, 0.1) is 23.9 Å². The van der Waals surface area contributed by atoms with Crippen LogP contribution in [-0.4, -0.2) is 41.2 Å². The fourth-order valence-corrected chi connectivity index (χ4v) is 3.52. The van der Waals surface area contributed by atoms with Gasteiger partial charge in [-0.1, -0.05) is 13.8 Å². The number of carbonyl (C=O) groups is 1. The van der Waals surface area contributed by atoms with E-state index < -0.39 is 0 Å². The summed E-state index contributed by atoms with van der Waals surface area (Å²) in [5.41, 5.74) is 2.15. The lowest BCUT2D eigenvalue weighted by atomic mass is 9.92. The summed E-state index contributed by atoms with van der Waals surface area (Å²) in [7, 11) is 0. The summed E-state index contributed by atoms with van der Waals surface area (Å²) in [4.78, 5) is 23.6. The van der Waals surface area contributed by atoms with E-state index in [0.717, 1.165) is 49.6 Å². The van der Waals surface area contributed by atoms with Crippen LogP contribution in [0, 0.1) is 5.92 Å². The van der Waals surface area contributed by atoms with Crippen molar-refractivity contribution in [1.29, 1.82) is 0 Å². The molecule has 3 rings (SSSR count). The molecule has 0 spiro atoms. The minimum atomic E-state index is -0.00751. The zero-order chi connectivity index (χ0) is 17.3. The van der Waals surface area contributed by atoms with E-state index in [1.807, 2.05) is 20.0 Å². The number of fused-ring (bicyclic) bond motifs is 1. The molecule has 3 atom stereocenters. The summed E-state index contributed by atoms with van der Waals surface area (Å²) in [5.74, 6) is 0.867. The number of amides is 1. The van der Waals surface area contributed by atoms with Crippen LogP contribution in [0.3, 0.4) is 0 Å². The number of aryl methyl sites for hydroxylation is 1. The van der Waals surface area contributed by atoms with Gasteiger partial charge in [0.2, 0.25) is 11.9 Å². The Labute approximate surface area is 144 Å². The molecule has 1 aromatic rings. The smallest absolute Gasteiger partial charge is 0.225 e. The van der Waals surface area contributed by atoms with Crippen LogP contribution in [0.25, 0.3) is 0 Å². The van der Waals surface area contributed by atoms with Gasteiger partial charge in [-0.3, -0.25) is 4.79 Å². The molecule has 1 saturated heterocycles. The molecular formula is C18H28N4O2. The van der Waals surface area contributed by atoms with E-state index in [2.05, 4.69) is 29.0 Å². The van der Waals surface area contributed by atoms with Gasteiger partial charge in [0.15, 0.2) is 0 Å². The third kappa shape index (κ3) is 3.69. The third-order valence-electron chi connectivity index (χ3n) is 4.71. The number of aromatic nitrogens is 2. The largest absolute Gasteiger partial charge is 0.372 e. The number of carbonyl (C=O) groups excluding carboxylic acids is 1. The number of hydrogen-bond acceptors (Lipinski definition) is 5. The van der Waals surface area contributed by atoms with Crippen LogP contribution in [-0.2, 0) is 16.0 Å². The summed E-state index contributed by atoms with van der Waals surface area (Å²) >= 11 is 0. The predicted octanol–water partition coefficient (Wildman–Crippen LogP) is 2.24. The number of anilines is 1. The molecule has 1 aliphatic heterocycles. The Balaban J connectivity index is 1.79. The Kier molecular flexibility index (Phi) is 5.04. The number of ether oxygens (including phenoxy) is 1. The molecule has 0 bridgehead atoms. The summed E-state index contributed by atoms with van der Waals surface area (Å²) in [6, 6.07) is 0.0419. The molecular weight excluding hydrogens is 304 g/mol. The van der Waals surface area contributed by atoms with E-state index in [9.17, 15) is 4.79 Å². The van der Waals surface area contributed by atoms with Gasteiger partial charge in [-0.2, -0.15) is 0 Å². The Morgan fingerprint density at radius 1 is 1.33 bits per heavy atom. The van der Waals surface area contributed by atoms with Crippen LogP contribution in [0.15, 0.2) is 6.20 Å². The highest BCUT2D eigenvalue weighted by atomic mass is 16.5. The van der Waals surface area contributed by atoms with Crippen molar-refractivity contribution in [3.63, 3.8) is 0 Å². The highest BCUT2D eigenvalue weighted by Crippen LogP contribution is 2.30. The second-order valence-electron chi connectivity index (χ2n) is 7.34. The number of morpholine rings is 1. The topological polar surface area (TPSA) is 67.4 Å². The molecule has 24 heavy (non-hydrogen) atoms. The Morgan fingerprint density at radius 3 is 2.71 bits per heavy atom. The number of hydrogen-bond donors (Lipinski definition) is 1. The number of rotatable bonds is 3. The Bertz CT molecular complexity index is 595. The van der Waals surface area contributed by atoms with E-state index in [-0.39, 0.29) is 30.1 Å². The van der Waals surface area contributed by atoms with Gasteiger partial charge in [0.25, 0.3) is 0 Å². The van der Waals surface area contributed by atoms with Crippen molar-refractivity contribution >= 4 is 11.9 Å². The van der Waals surface area contributed by atoms with Gasteiger partial charge in [-0.25, -0.2) is 9.97 Å². The maximum Gasteiger partial charge on any atom is 0.225 e. The van der Waals surface area contributed by atoms with Crippen molar-refractivity contribution in [2.24, 2.45) is 5.92 Å². The molecule has 1 fully saturated rings. The van der Waals surface area contributed by atoms with Crippen LogP contribution in [0.1, 0.15) is 57.8 Å². The van der Waals surface area contributed by atoms with Crippen molar-refractivity contribution < 1.29 is 9.53 Å². The maximum absolute atomic E-state index is 12.0. The van der Waals surface area contributed by atoms with Crippen molar-refractivity contribution in [2.75, 3.05) is 18.0 Å². The molecule has 0 aromatic carbocycles. The van der Waals surface area contributed by atoms with Crippen molar-refractivity contribution in [3.8, 4) is 0 Å². The van der Waals surface area contributed by atoms with Gasteiger partial charge >= 0.3 is 0 Å². The van der Waals surface area contributed by atoms with E-state index in [0.29, 0.717) is 0 Å². The highest BCUT2D eigenvalue weighted by Gasteiger charge is 2.28. The summed E-state index contributed by atoms with van der Waals surface area (Å²) < 4.78 is 5.79. The van der Waals surface area contributed by atoms with Gasteiger partial charge < -0.3 is 15.0 Å². The van der Waals surface area contributed by atoms with Gasteiger partial charge in [-0.15, -0.1) is 0 Å². The van der Waals surface area contributed by atoms with Crippen molar-refractivity contribution in [1.82, 2.24) is 15.3 Å². The van der Waals surface area contributed by atoms with Gasteiger partial charge in [0.1, 0.15) is 0 Å². The van der Waals surface area contributed by atoms with E-state index in [1.54, 1.807) is 0 Å². The van der Waals surface area contributed by atoms with E-state index in [1.165, 1.54) is 0 Å². The lowest BCUT2D eigenvalue weighted by molar-refractivity contribution is -0.124. The molecule has 2 aliphatic rings. The first-order chi connectivity index (χ1) is 11.4. The molecule has 1 aromatic heterocycles. The second-order valence-corrected chi connectivity index (χ2v) is 7.34. The molecule has 0 unspecified atom stereocenters. The average molecular weight is 332 g/mol. The van der Waals surface area contributed by atoms with Crippen LogP contribution in [0.2, 0.25) is 0 Å². The van der Waals surface area contributed by atoms with Crippen LogP contribution < -0.4 is 10.2 Å². The van der Waals surface area contributed by atoms with Crippen LogP contribution in [0.4, 0.5) is 5.95 Å². The third-order valence-corrected chi connectivity index (χ3v) is 4.71. The molecule has 0 saturated carbocycles. The molecule has 1 amide bonds. The molecule has 2 heterocycles. The number of nitrogens with one attached hydrogen (secondary N) is 1.